The van der Waals surface area contributed by atoms with E-state index >= 15 is 0 Å². The van der Waals surface area contributed by atoms with Gasteiger partial charge in [-0.25, -0.2) is 0 Å². The summed E-state index contributed by atoms with van der Waals surface area (Å²) in [5.41, 5.74) is 3.23. The van der Waals surface area contributed by atoms with Gasteiger partial charge < -0.3 is 4.74 Å². The molecule has 2 unspecified atom stereocenters. The number of carbonyl (C=O) groups excluding carboxylic acids is 1. The summed E-state index contributed by atoms with van der Waals surface area (Å²) in [4.78, 5) is 14.9. The van der Waals surface area contributed by atoms with Gasteiger partial charge >= 0.3 is 0 Å². The Morgan fingerprint density at radius 3 is 2.75 bits per heavy atom. The van der Waals surface area contributed by atoms with Crippen LogP contribution in [0.2, 0.25) is 0 Å². The molecule has 0 radical (unpaired) electrons. The van der Waals surface area contributed by atoms with Gasteiger partial charge in [-0.1, -0.05) is 12.1 Å². The van der Waals surface area contributed by atoms with Crippen molar-refractivity contribution in [2.45, 2.75) is 45.8 Å². The summed E-state index contributed by atoms with van der Waals surface area (Å²) in [5.74, 6) is 0.213. The van der Waals surface area contributed by atoms with E-state index < -0.39 is 0 Å². The number of nitrogens with zero attached hydrogens (tertiary/aromatic N) is 1. The Kier molecular flexibility index (Phi) is 4.95. The fourth-order valence-corrected chi connectivity index (χ4v) is 2.81. The minimum Gasteiger partial charge on any atom is -0.380 e. The number of piperidine rings is 1. The van der Waals surface area contributed by atoms with Gasteiger partial charge in [0.05, 0.1) is 12.1 Å². The van der Waals surface area contributed by atoms with Crippen LogP contribution in [0.25, 0.3) is 0 Å². The molecule has 0 saturated carbocycles. The first-order valence-electron chi connectivity index (χ1n) is 7.41. The lowest BCUT2D eigenvalue weighted by atomic mass is 9.98. The third-order valence-corrected chi connectivity index (χ3v) is 4.46. The van der Waals surface area contributed by atoms with Crippen molar-refractivity contribution in [2.24, 2.45) is 0 Å². The summed E-state index contributed by atoms with van der Waals surface area (Å²) in [6.07, 6.45) is 2.46. The van der Waals surface area contributed by atoms with Crippen LogP contribution in [0.15, 0.2) is 18.2 Å². The number of rotatable bonds is 4. The maximum atomic E-state index is 12.6. The molecule has 1 aromatic rings. The molecular weight excluding hydrogens is 250 g/mol. The summed E-state index contributed by atoms with van der Waals surface area (Å²) in [6, 6.07) is 5.91. The maximum Gasteiger partial charge on any atom is 0.179 e. The third-order valence-electron chi connectivity index (χ3n) is 4.46. The second-order valence-corrected chi connectivity index (χ2v) is 5.83. The molecule has 0 bridgehead atoms. The van der Waals surface area contributed by atoms with Crippen molar-refractivity contribution in [3.63, 3.8) is 0 Å². The standard InChI is InChI=1S/C17H25NO2/c1-12-7-8-15(10-13(12)2)17(19)14(3)18-9-5-6-16(11-18)20-4/h7-8,10,14,16H,5-6,9,11H2,1-4H3. The molecule has 1 fully saturated rings. The molecule has 0 amide bonds. The van der Waals surface area contributed by atoms with E-state index in [0.29, 0.717) is 0 Å². The molecule has 1 saturated heterocycles. The van der Waals surface area contributed by atoms with Crippen molar-refractivity contribution >= 4 is 5.78 Å². The lowest BCUT2D eigenvalue weighted by Crippen LogP contribution is -2.47. The van der Waals surface area contributed by atoms with E-state index in [1.54, 1.807) is 7.11 Å². The molecule has 1 aliphatic heterocycles. The van der Waals surface area contributed by atoms with Gasteiger partial charge in [-0.3, -0.25) is 9.69 Å². The summed E-state index contributed by atoms with van der Waals surface area (Å²) < 4.78 is 5.44. The van der Waals surface area contributed by atoms with Gasteiger partial charge in [0.2, 0.25) is 0 Å². The molecule has 2 rings (SSSR count). The highest BCUT2D eigenvalue weighted by molar-refractivity contribution is 6.00. The van der Waals surface area contributed by atoms with Gasteiger partial charge in [0.1, 0.15) is 0 Å². The molecule has 1 heterocycles. The van der Waals surface area contributed by atoms with E-state index in [1.165, 1.54) is 11.1 Å². The van der Waals surface area contributed by atoms with Crippen LogP contribution in [-0.2, 0) is 4.74 Å². The Morgan fingerprint density at radius 1 is 1.35 bits per heavy atom. The number of likely N-dealkylation sites (tertiary alicyclic amines) is 1. The quantitative estimate of drug-likeness (QED) is 0.791. The van der Waals surface area contributed by atoms with E-state index in [-0.39, 0.29) is 17.9 Å². The molecule has 20 heavy (non-hydrogen) atoms. The first-order valence-corrected chi connectivity index (χ1v) is 7.41. The number of aryl methyl sites for hydroxylation is 2. The largest absolute Gasteiger partial charge is 0.380 e. The number of ketones is 1. The van der Waals surface area contributed by atoms with Crippen molar-refractivity contribution in [2.75, 3.05) is 20.2 Å². The summed E-state index contributed by atoms with van der Waals surface area (Å²) in [7, 11) is 1.75. The van der Waals surface area contributed by atoms with Crippen LogP contribution < -0.4 is 0 Å². The molecule has 0 aliphatic carbocycles. The Bertz CT molecular complexity index is 484. The number of hydrogen-bond acceptors (Lipinski definition) is 3. The average Bonchev–Trinajstić information content (AvgIpc) is 2.48. The minimum atomic E-state index is -0.0740. The summed E-state index contributed by atoms with van der Waals surface area (Å²) >= 11 is 0. The van der Waals surface area contributed by atoms with Gasteiger partial charge in [0.25, 0.3) is 0 Å². The Labute approximate surface area is 121 Å². The Balaban J connectivity index is 2.09. The zero-order valence-electron chi connectivity index (χ0n) is 13.0. The van der Waals surface area contributed by atoms with Crippen molar-refractivity contribution in [1.29, 1.82) is 0 Å². The summed E-state index contributed by atoms with van der Waals surface area (Å²) in [5, 5.41) is 0. The number of methoxy groups -OCH3 is 1. The lowest BCUT2D eigenvalue weighted by molar-refractivity contribution is 0.0182. The number of hydrogen-bond donors (Lipinski definition) is 0. The third kappa shape index (κ3) is 3.28. The highest BCUT2D eigenvalue weighted by Gasteiger charge is 2.27. The predicted octanol–water partition coefficient (Wildman–Crippen LogP) is 2.99. The zero-order chi connectivity index (χ0) is 14.7. The van der Waals surface area contributed by atoms with Crippen molar-refractivity contribution in [3.8, 4) is 0 Å². The van der Waals surface area contributed by atoms with Gasteiger partial charge in [0, 0.05) is 19.2 Å². The van der Waals surface area contributed by atoms with Crippen LogP contribution in [0.1, 0.15) is 41.3 Å². The highest BCUT2D eigenvalue weighted by atomic mass is 16.5. The van der Waals surface area contributed by atoms with Crippen LogP contribution >= 0.6 is 0 Å². The highest BCUT2D eigenvalue weighted by Crippen LogP contribution is 2.19. The topological polar surface area (TPSA) is 29.5 Å². The first kappa shape index (κ1) is 15.2. The van der Waals surface area contributed by atoms with Crippen molar-refractivity contribution in [1.82, 2.24) is 4.90 Å². The van der Waals surface area contributed by atoms with E-state index in [0.717, 1.165) is 31.5 Å². The predicted molar refractivity (Wildman–Crippen MR) is 81.3 cm³/mol. The molecule has 1 aromatic carbocycles. The number of carbonyl (C=O) groups is 1. The normalized spacial score (nSPS) is 21.7. The second kappa shape index (κ2) is 6.51. The first-order chi connectivity index (χ1) is 9.52. The molecule has 2 atom stereocenters. The van der Waals surface area contributed by atoms with Crippen molar-refractivity contribution in [3.05, 3.63) is 34.9 Å². The molecule has 1 aliphatic rings. The zero-order valence-corrected chi connectivity index (χ0v) is 13.0. The van der Waals surface area contributed by atoms with Gasteiger partial charge in [-0.05, 0) is 57.4 Å². The Hall–Kier alpha value is -1.19. The van der Waals surface area contributed by atoms with Gasteiger partial charge in [-0.2, -0.15) is 0 Å². The molecule has 110 valence electrons. The second-order valence-electron chi connectivity index (χ2n) is 5.83. The fourth-order valence-electron chi connectivity index (χ4n) is 2.81. The van der Waals surface area contributed by atoms with Crippen molar-refractivity contribution < 1.29 is 9.53 Å². The van der Waals surface area contributed by atoms with Gasteiger partial charge in [-0.15, -0.1) is 0 Å². The molecule has 0 aromatic heterocycles. The Morgan fingerprint density at radius 2 is 2.10 bits per heavy atom. The number of ether oxygens (including phenoxy) is 1. The monoisotopic (exact) mass is 275 g/mol. The van der Waals surface area contributed by atoms with E-state index in [4.69, 9.17) is 4.74 Å². The van der Waals surface area contributed by atoms with Crippen LogP contribution in [0, 0.1) is 13.8 Å². The molecule has 3 nitrogen and oxygen atoms in total. The van der Waals surface area contributed by atoms with Crippen LogP contribution in [0.5, 0.6) is 0 Å². The summed E-state index contributed by atoms with van der Waals surface area (Å²) in [6.45, 7) is 7.97. The maximum absolute atomic E-state index is 12.6. The lowest BCUT2D eigenvalue weighted by Gasteiger charge is -2.35. The van der Waals surface area contributed by atoms with E-state index in [1.807, 2.05) is 25.1 Å². The SMILES string of the molecule is COC1CCCN(C(C)C(=O)c2ccc(C)c(C)c2)C1. The average molecular weight is 275 g/mol. The van der Waals surface area contributed by atoms with E-state index in [2.05, 4.69) is 18.7 Å². The van der Waals surface area contributed by atoms with Gasteiger partial charge in [0.15, 0.2) is 5.78 Å². The van der Waals surface area contributed by atoms with E-state index in [9.17, 15) is 4.79 Å². The molecule has 3 heteroatoms. The molecular formula is C17H25NO2. The van der Waals surface area contributed by atoms with Crippen LogP contribution in [0.4, 0.5) is 0 Å². The smallest absolute Gasteiger partial charge is 0.179 e. The van der Waals surface area contributed by atoms with Crippen LogP contribution in [-0.4, -0.2) is 43.0 Å². The number of benzene rings is 1. The number of Topliss-reactive ketones (excluding diaryl/α,β-unsaturated/α-hetero) is 1. The molecule has 0 spiro atoms. The molecule has 0 N–H and O–H groups in total. The minimum absolute atomic E-state index is 0.0740. The fraction of sp³-hybridized carbons (Fsp3) is 0.588. The van der Waals surface area contributed by atoms with Crippen LogP contribution in [0.3, 0.4) is 0 Å².